The monoisotopic (exact) mass is 323 g/mol. The third-order valence-electron chi connectivity index (χ3n) is 3.94. The molecule has 0 spiro atoms. The lowest BCUT2D eigenvalue weighted by Gasteiger charge is -2.07. The van der Waals surface area contributed by atoms with Gasteiger partial charge in [0.15, 0.2) is 0 Å². The molecule has 0 N–H and O–H groups in total. The van der Waals surface area contributed by atoms with E-state index in [-0.39, 0.29) is 5.82 Å². The summed E-state index contributed by atoms with van der Waals surface area (Å²) in [4.78, 5) is 4.73. The summed E-state index contributed by atoms with van der Waals surface area (Å²) in [5.41, 5.74) is 4.01. The number of halogens is 1. The molecule has 0 atom stereocenters. The maximum Gasteiger partial charge on any atom is 0.123 e. The number of fused-ring (bicyclic) bond motifs is 1. The van der Waals surface area contributed by atoms with Crippen molar-refractivity contribution < 1.29 is 4.39 Å². The molecule has 25 heavy (non-hydrogen) atoms. The molecule has 2 heteroatoms. The molecular formula is C23H14FN. The highest BCUT2D eigenvalue weighted by molar-refractivity contribution is 5.85. The third kappa shape index (κ3) is 3.27. The minimum atomic E-state index is -0.283. The highest BCUT2D eigenvalue weighted by atomic mass is 19.1. The van der Waals surface area contributed by atoms with Crippen molar-refractivity contribution in [3.63, 3.8) is 0 Å². The predicted molar refractivity (Wildman–Crippen MR) is 99.6 cm³/mol. The Morgan fingerprint density at radius 2 is 1.52 bits per heavy atom. The maximum absolute atomic E-state index is 13.7. The van der Waals surface area contributed by atoms with Crippen LogP contribution in [0.15, 0.2) is 84.9 Å². The average molecular weight is 323 g/mol. The summed E-state index contributed by atoms with van der Waals surface area (Å²) in [5, 5.41) is 1.01. The fourth-order valence-electron chi connectivity index (χ4n) is 2.73. The zero-order valence-electron chi connectivity index (χ0n) is 13.4. The van der Waals surface area contributed by atoms with E-state index in [1.54, 1.807) is 6.07 Å². The lowest BCUT2D eigenvalue weighted by atomic mass is 10.0. The summed E-state index contributed by atoms with van der Waals surface area (Å²) in [7, 11) is 0. The van der Waals surface area contributed by atoms with Gasteiger partial charge < -0.3 is 0 Å². The number of rotatable bonds is 1. The molecule has 0 amide bonds. The van der Waals surface area contributed by atoms with E-state index in [0.717, 1.165) is 27.6 Å². The van der Waals surface area contributed by atoms with Crippen molar-refractivity contribution in [3.05, 3.63) is 102 Å². The molecule has 4 rings (SSSR count). The number of aromatic nitrogens is 1. The fraction of sp³-hybridized carbons (Fsp3) is 0. The second-order valence-electron chi connectivity index (χ2n) is 5.70. The summed E-state index contributed by atoms with van der Waals surface area (Å²) in [5.74, 6) is 6.09. The zero-order valence-corrected chi connectivity index (χ0v) is 13.4. The van der Waals surface area contributed by atoms with Crippen LogP contribution in [0.2, 0.25) is 0 Å². The molecular weight excluding hydrogens is 309 g/mol. The number of nitrogens with zero attached hydrogens (tertiary/aromatic N) is 1. The molecule has 118 valence electrons. The first-order valence-electron chi connectivity index (χ1n) is 8.02. The molecule has 0 aliphatic rings. The van der Waals surface area contributed by atoms with Crippen molar-refractivity contribution in [2.24, 2.45) is 0 Å². The molecule has 0 aliphatic carbocycles. The van der Waals surface area contributed by atoms with Crippen molar-refractivity contribution in [1.29, 1.82) is 0 Å². The van der Waals surface area contributed by atoms with Crippen molar-refractivity contribution in [3.8, 4) is 23.1 Å². The predicted octanol–water partition coefficient (Wildman–Crippen LogP) is 5.44. The first-order valence-corrected chi connectivity index (χ1v) is 8.02. The quantitative estimate of drug-likeness (QED) is 0.425. The molecule has 0 bridgehead atoms. The van der Waals surface area contributed by atoms with Gasteiger partial charge in [-0.15, -0.1) is 0 Å². The fourth-order valence-corrected chi connectivity index (χ4v) is 2.73. The van der Waals surface area contributed by atoms with Crippen LogP contribution in [0, 0.1) is 17.7 Å². The largest absolute Gasteiger partial charge is 0.246 e. The minimum absolute atomic E-state index is 0.283. The van der Waals surface area contributed by atoms with E-state index in [1.807, 2.05) is 66.7 Å². The standard InChI is InChI=1S/C23H14FN/c24-21-11-6-10-19(16-21)23-20(14-13-17-7-2-1-3-8-17)15-18-9-4-5-12-22(18)25-23/h1-12,15-16H. The van der Waals surface area contributed by atoms with E-state index in [2.05, 4.69) is 11.8 Å². The lowest BCUT2D eigenvalue weighted by molar-refractivity contribution is 0.628. The molecule has 4 aromatic rings. The van der Waals surface area contributed by atoms with Gasteiger partial charge in [-0.1, -0.05) is 60.4 Å². The average Bonchev–Trinajstić information content (AvgIpc) is 2.66. The van der Waals surface area contributed by atoms with Gasteiger partial charge in [0.05, 0.1) is 16.8 Å². The van der Waals surface area contributed by atoms with Crippen molar-refractivity contribution in [2.75, 3.05) is 0 Å². The Morgan fingerprint density at radius 3 is 2.36 bits per heavy atom. The Balaban J connectivity index is 1.92. The molecule has 3 aromatic carbocycles. The van der Waals surface area contributed by atoms with Crippen LogP contribution in [-0.4, -0.2) is 4.98 Å². The van der Waals surface area contributed by atoms with Crippen LogP contribution in [0.25, 0.3) is 22.2 Å². The van der Waals surface area contributed by atoms with Gasteiger partial charge in [0.1, 0.15) is 5.82 Å². The molecule has 0 saturated heterocycles. The molecule has 1 aromatic heterocycles. The summed E-state index contributed by atoms with van der Waals surface area (Å²) in [6.45, 7) is 0. The molecule has 0 radical (unpaired) electrons. The SMILES string of the molecule is Fc1cccc(-c2nc3ccccc3cc2C#Cc2ccccc2)c1. The number of benzene rings is 3. The Kier molecular flexibility index (Phi) is 3.98. The van der Waals surface area contributed by atoms with E-state index in [9.17, 15) is 4.39 Å². The topological polar surface area (TPSA) is 12.9 Å². The second-order valence-corrected chi connectivity index (χ2v) is 5.70. The van der Waals surface area contributed by atoms with E-state index in [4.69, 9.17) is 4.98 Å². The molecule has 0 fully saturated rings. The van der Waals surface area contributed by atoms with Gasteiger partial charge in [0.25, 0.3) is 0 Å². The summed E-state index contributed by atoms with van der Waals surface area (Å²) < 4.78 is 13.7. The highest BCUT2D eigenvalue weighted by Crippen LogP contribution is 2.25. The first-order chi connectivity index (χ1) is 12.3. The third-order valence-corrected chi connectivity index (χ3v) is 3.94. The Morgan fingerprint density at radius 1 is 0.720 bits per heavy atom. The molecule has 0 aliphatic heterocycles. The van der Waals surface area contributed by atoms with Gasteiger partial charge in [0, 0.05) is 16.5 Å². The van der Waals surface area contributed by atoms with Gasteiger partial charge in [-0.3, -0.25) is 0 Å². The Hall–Kier alpha value is -3.44. The van der Waals surface area contributed by atoms with E-state index in [1.165, 1.54) is 12.1 Å². The number of hydrogen-bond acceptors (Lipinski definition) is 1. The van der Waals surface area contributed by atoms with Gasteiger partial charge in [-0.2, -0.15) is 0 Å². The maximum atomic E-state index is 13.7. The zero-order chi connectivity index (χ0) is 17.1. The number of hydrogen-bond donors (Lipinski definition) is 0. The molecule has 0 unspecified atom stereocenters. The number of pyridine rings is 1. The van der Waals surface area contributed by atoms with E-state index in [0.29, 0.717) is 5.69 Å². The van der Waals surface area contributed by atoms with Crippen molar-refractivity contribution in [2.45, 2.75) is 0 Å². The van der Waals surface area contributed by atoms with Crippen molar-refractivity contribution in [1.82, 2.24) is 4.98 Å². The van der Waals surface area contributed by atoms with Gasteiger partial charge in [-0.05, 0) is 36.4 Å². The normalized spacial score (nSPS) is 10.3. The van der Waals surface area contributed by atoms with Gasteiger partial charge in [0.2, 0.25) is 0 Å². The van der Waals surface area contributed by atoms with Crippen LogP contribution in [0.3, 0.4) is 0 Å². The van der Waals surface area contributed by atoms with Gasteiger partial charge in [-0.25, -0.2) is 9.37 Å². The summed E-state index contributed by atoms with van der Waals surface area (Å²) >= 11 is 0. The smallest absolute Gasteiger partial charge is 0.123 e. The van der Waals surface area contributed by atoms with Gasteiger partial charge >= 0.3 is 0 Å². The van der Waals surface area contributed by atoms with Crippen LogP contribution in [0.1, 0.15) is 11.1 Å². The van der Waals surface area contributed by atoms with Crippen LogP contribution in [0.5, 0.6) is 0 Å². The van der Waals surface area contributed by atoms with E-state index >= 15 is 0 Å². The van der Waals surface area contributed by atoms with Crippen LogP contribution in [-0.2, 0) is 0 Å². The van der Waals surface area contributed by atoms with Crippen molar-refractivity contribution >= 4 is 10.9 Å². The first kappa shape index (κ1) is 15.1. The second kappa shape index (κ2) is 6.59. The summed E-state index contributed by atoms with van der Waals surface area (Å²) in [6, 6.07) is 26.1. The van der Waals surface area contributed by atoms with E-state index < -0.39 is 0 Å². The van der Waals surface area contributed by atoms with Crippen LogP contribution in [0.4, 0.5) is 4.39 Å². The van der Waals surface area contributed by atoms with Crippen LogP contribution < -0.4 is 0 Å². The highest BCUT2D eigenvalue weighted by Gasteiger charge is 2.08. The molecule has 1 heterocycles. The lowest BCUT2D eigenvalue weighted by Crippen LogP contribution is -1.92. The minimum Gasteiger partial charge on any atom is -0.246 e. The Labute approximate surface area is 145 Å². The number of para-hydroxylation sites is 1. The molecule has 0 saturated carbocycles. The summed E-state index contributed by atoms with van der Waals surface area (Å²) in [6.07, 6.45) is 0. The Bertz CT molecular complexity index is 1100. The molecule has 1 nitrogen and oxygen atoms in total. The van der Waals surface area contributed by atoms with Crippen LogP contribution >= 0.6 is 0 Å².